The molecule has 0 atom stereocenters. The Balaban J connectivity index is 0.000000108. The van der Waals surface area contributed by atoms with Gasteiger partial charge >= 0.3 is 0 Å². The Hall–Kier alpha value is -16.6. The third-order valence-electron chi connectivity index (χ3n) is 22.6. The lowest BCUT2D eigenvalue weighted by Gasteiger charge is -2.17. The first-order chi connectivity index (χ1) is 60.9. The number of nitrogens with zero attached hydrogens (tertiary/aromatic N) is 9. The Labute approximate surface area is 706 Å². The fraction of sp³-hybridized carbons (Fsp3) is 0. The number of hydrogen-bond acceptors (Lipinski definition) is 14. The summed E-state index contributed by atoms with van der Waals surface area (Å²) >= 11 is 1.80. The minimum Gasteiger partial charge on any atom is -0.455 e. The van der Waals surface area contributed by atoms with E-state index in [0.29, 0.717) is 69.7 Å². The van der Waals surface area contributed by atoms with Crippen molar-refractivity contribution in [2.75, 3.05) is 0 Å². The lowest BCUT2D eigenvalue weighted by Crippen LogP contribution is -2.00. The van der Waals surface area contributed by atoms with Gasteiger partial charge in [0.2, 0.25) is 0 Å². The number of thiophene rings is 1. The second-order valence-corrected chi connectivity index (χ2v) is 31.3. The Bertz CT molecular complexity index is 8260. The van der Waals surface area contributed by atoms with E-state index < -0.39 is 0 Å². The SMILES string of the molecule is c1ccc(-c2nc(-c3ccc(-c4c5ccccc5c(-c5ccccc5)c5ccccc45)cc3)nc(-c3cc4ccccc4o3)n2)cc1.c1ccc2cc(-c3nc(-c4cc5ccccc5o4)nc(-c4cccc5c4oc4ccccc45)n3)ccc2c1.c1ccc2cc(-c3nc(-c4ccc5sc6ccccc6c5c4)nc(-c4cc5ccccc5o4)n3)ccc2c1. The highest BCUT2D eigenvalue weighted by atomic mass is 32.1. The van der Waals surface area contributed by atoms with E-state index in [2.05, 4.69) is 212 Å². The van der Waals surface area contributed by atoms with Crippen molar-refractivity contribution in [1.82, 2.24) is 44.9 Å². The van der Waals surface area contributed by atoms with Crippen LogP contribution in [0.5, 0.6) is 0 Å². The molecule has 25 aromatic rings. The highest BCUT2D eigenvalue weighted by Crippen LogP contribution is 2.46. The lowest BCUT2D eigenvalue weighted by atomic mass is 9.86. The maximum Gasteiger partial charge on any atom is 0.199 e. The molecule has 123 heavy (non-hydrogen) atoms. The molecule has 0 aliphatic carbocycles. The second kappa shape index (κ2) is 30.4. The summed E-state index contributed by atoms with van der Waals surface area (Å²) in [7, 11) is 0. The van der Waals surface area contributed by atoms with Gasteiger partial charge in [0, 0.05) is 74.9 Å². The fourth-order valence-electron chi connectivity index (χ4n) is 16.7. The highest BCUT2D eigenvalue weighted by Gasteiger charge is 2.24. The second-order valence-electron chi connectivity index (χ2n) is 30.2. The number of aromatic nitrogens is 9. The molecule has 0 saturated carbocycles. The van der Waals surface area contributed by atoms with Crippen LogP contribution in [0.4, 0.5) is 0 Å². The summed E-state index contributed by atoms with van der Waals surface area (Å²) in [6.07, 6.45) is 0. The smallest absolute Gasteiger partial charge is 0.199 e. The lowest BCUT2D eigenvalue weighted by molar-refractivity contribution is 0.624. The number of fused-ring (bicyclic) bond motifs is 13. The van der Waals surface area contributed by atoms with Crippen LogP contribution in [0.15, 0.2) is 412 Å². The summed E-state index contributed by atoms with van der Waals surface area (Å²) in [5.41, 5.74) is 14.2. The predicted molar refractivity (Wildman–Crippen MR) is 499 cm³/mol. The molecule has 0 aliphatic rings. The van der Waals surface area contributed by atoms with Crippen molar-refractivity contribution >= 4 is 129 Å². The van der Waals surface area contributed by atoms with Gasteiger partial charge in [0.1, 0.15) is 27.9 Å². The Kier molecular flexibility index (Phi) is 17.7. The number of para-hydroxylation sites is 5. The van der Waals surface area contributed by atoms with Crippen molar-refractivity contribution in [3.8, 4) is 125 Å². The summed E-state index contributed by atoms with van der Waals surface area (Å²) in [5.74, 6) is 6.86. The van der Waals surface area contributed by atoms with Crippen LogP contribution >= 0.6 is 11.3 Å². The summed E-state index contributed by atoms with van der Waals surface area (Å²) < 4.78 is 27.3. The van der Waals surface area contributed by atoms with Crippen molar-refractivity contribution in [2.24, 2.45) is 0 Å². The average Bonchev–Trinajstić information content (AvgIpc) is 1.59. The van der Waals surface area contributed by atoms with E-state index in [1.165, 1.54) is 63.8 Å². The van der Waals surface area contributed by atoms with E-state index >= 15 is 0 Å². The van der Waals surface area contributed by atoms with E-state index in [1.54, 1.807) is 11.3 Å². The first kappa shape index (κ1) is 71.7. The van der Waals surface area contributed by atoms with E-state index in [4.69, 9.17) is 62.5 Å². The third-order valence-corrected chi connectivity index (χ3v) is 23.7. The van der Waals surface area contributed by atoms with Crippen molar-refractivity contribution in [1.29, 1.82) is 0 Å². The molecule has 13 nitrogen and oxygen atoms in total. The van der Waals surface area contributed by atoms with Gasteiger partial charge in [-0.2, -0.15) is 0 Å². The monoisotopic (exact) mass is 1600 g/mol. The van der Waals surface area contributed by atoms with Gasteiger partial charge in [0.05, 0.1) is 5.56 Å². The molecule has 0 spiro atoms. The number of furan rings is 4. The molecule has 0 fully saturated rings. The summed E-state index contributed by atoms with van der Waals surface area (Å²) in [6.45, 7) is 0. The van der Waals surface area contributed by atoms with Crippen LogP contribution in [0, 0.1) is 0 Å². The molecule has 576 valence electrons. The highest BCUT2D eigenvalue weighted by molar-refractivity contribution is 7.25. The van der Waals surface area contributed by atoms with Crippen LogP contribution in [0.2, 0.25) is 0 Å². The molecule has 14 heteroatoms. The van der Waals surface area contributed by atoms with E-state index in [9.17, 15) is 0 Å². The average molecular weight is 1600 g/mol. The molecule has 0 bridgehead atoms. The van der Waals surface area contributed by atoms with Crippen LogP contribution in [0.3, 0.4) is 0 Å². The molecule has 0 aliphatic heterocycles. The molecule has 17 aromatic carbocycles. The molecule has 8 aromatic heterocycles. The number of rotatable bonds is 11. The van der Waals surface area contributed by atoms with Crippen molar-refractivity contribution < 1.29 is 17.7 Å². The normalized spacial score (nSPS) is 11.6. The molecule has 0 unspecified atom stereocenters. The molecule has 0 radical (unpaired) electrons. The maximum atomic E-state index is 6.31. The first-order valence-corrected chi connectivity index (χ1v) is 41.4. The van der Waals surface area contributed by atoms with Crippen LogP contribution in [0.1, 0.15) is 0 Å². The van der Waals surface area contributed by atoms with Crippen molar-refractivity contribution in [3.05, 3.63) is 394 Å². The zero-order valence-electron chi connectivity index (χ0n) is 65.6. The van der Waals surface area contributed by atoms with Gasteiger partial charge in [0.15, 0.2) is 69.7 Å². The van der Waals surface area contributed by atoms with Gasteiger partial charge in [-0.3, -0.25) is 0 Å². The van der Waals surface area contributed by atoms with Gasteiger partial charge in [-0.05, 0) is 150 Å². The van der Waals surface area contributed by atoms with Crippen LogP contribution in [0.25, 0.3) is 243 Å². The minimum absolute atomic E-state index is 0.475. The fourth-order valence-corrected chi connectivity index (χ4v) is 17.8. The quantitative estimate of drug-likeness (QED) is 0.112. The van der Waals surface area contributed by atoms with Crippen LogP contribution < -0.4 is 0 Å². The van der Waals surface area contributed by atoms with Gasteiger partial charge < -0.3 is 17.7 Å². The molecule has 0 N–H and O–H groups in total. The number of benzene rings is 17. The topological polar surface area (TPSA) is 169 Å². The van der Waals surface area contributed by atoms with Crippen LogP contribution in [-0.2, 0) is 0 Å². The molecule has 0 saturated heterocycles. The Morgan fingerprint density at radius 1 is 0.171 bits per heavy atom. The van der Waals surface area contributed by atoms with Gasteiger partial charge in [0.25, 0.3) is 0 Å². The van der Waals surface area contributed by atoms with Crippen molar-refractivity contribution in [2.45, 2.75) is 0 Å². The molecular formula is C109H65N9O4S. The molecule has 8 heterocycles. The molecular weight excluding hydrogens is 1530 g/mol. The van der Waals surface area contributed by atoms with Crippen LogP contribution in [-0.4, -0.2) is 44.9 Å². The number of hydrogen-bond donors (Lipinski definition) is 0. The minimum atomic E-state index is 0.475. The Morgan fingerprint density at radius 2 is 0.496 bits per heavy atom. The maximum absolute atomic E-state index is 6.31. The molecule has 25 rings (SSSR count). The third kappa shape index (κ3) is 13.5. The zero-order valence-corrected chi connectivity index (χ0v) is 66.4. The van der Waals surface area contributed by atoms with Crippen molar-refractivity contribution in [3.63, 3.8) is 0 Å². The summed E-state index contributed by atoms with van der Waals surface area (Å²) in [5, 5.41) is 17.1. The van der Waals surface area contributed by atoms with Gasteiger partial charge in [-0.15, -0.1) is 11.3 Å². The Morgan fingerprint density at radius 3 is 0.992 bits per heavy atom. The zero-order chi connectivity index (χ0) is 81.3. The van der Waals surface area contributed by atoms with Gasteiger partial charge in [-0.25, -0.2) is 44.9 Å². The largest absolute Gasteiger partial charge is 0.455 e. The van der Waals surface area contributed by atoms with E-state index in [0.717, 1.165) is 110 Å². The molecule has 0 amide bonds. The van der Waals surface area contributed by atoms with Gasteiger partial charge in [-0.1, -0.05) is 309 Å². The summed E-state index contributed by atoms with van der Waals surface area (Å²) in [4.78, 5) is 44.2. The van der Waals surface area contributed by atoms with E-state index in [1.807, 2.05) is 182 Å². The standard InChI is InChI=1S/C43H27N3O.C33H19N3O2.C33H19N3OS/c1-3-13-28(14-4-1)39-33-18-8-10-20-35(33)40(36-21-11-9-19-34(36)39)29-23-25-31(26-24-29)42-44-41(30-15-5-2-6-16-30)45-43(46-42)38-27-32-17-7-12-22-37(32)47-38;1-2-9-21-18-23(17-16-20(21)8-1)31-34-32(36-33(35-31)29-19-22-10-3-5-14-27(22)37-29)26-13-7-12-25-24-11-4-6-15-28(24)38-30(25)26;1-2-8-21-17-23(14-13-20(21)7-1)31-34-32(36-33(35-31)28-19-22-9-3-5-11-27(22)37-28)24-15-16-30-26(18-24)25-10-4-6-12-29(25)38-30/h1-27H;2*1-19H. The first-order valence-electron chi connectivity index (χ1n) is 40.6. The summed E-state index contributed by atoms with van der Waals surface area (Å²) in [6, 6.07) is 135. The predicted octanol–water partition coefficient (Wildman–Crippen LogP) is 29.1. The van der Waals surface area contributed by atoms with E-state index in [-0.39, 0.29) is 0 Å².